The molecule has 0 N–H and O–H groups in total. The van der Waals surface area contributed by atoms with Gasteiger partial charge in [-0.15, -0.1) is 0 Å². The van der Waals surface area contributed by atoms with Gasteiger partial charge >= 0.3 is 0 Å². The van der Waals surface area contributed by atoms with Crippen LogP contribution in [0.2, 0.25) is 0 Å². The van der Waals surface area contributed by atoms with Gasteiger partial charge in [0.05, 0.1) is 0 Å². The van der Waals surface area contributed by atoms with Gasteiger partial charge in [0.15, 0.2) is 0 Å². The predicted molar refractivity (Wildman–Crippen MR) is 5.75 cm³/mol. The molecule has 0 bridgehead atoms. The number of halogens is 6. The number of rotatable bonds is 0. The summed E-state index contributed by atoms with van der Waals surface area (Å²) in [5.74, 6) is 0. The first kappa shape index (κ1) is 108. The molecule has 0 saturated carbocycles. The van der Waals surface area contributed by atoms with Gasteiger partial charge in [0, 0.05) is 23.9 Å². The van der Waals surface area contributed by atoms with Crippen LogP contribution in [0.5, 0.6) is 0 Å². The van der Waals surface area contributed by atoms with E-state index in [9.17, 15) is 0 Å². The van der Waals surface area contributed by atoms with E-state index in [2.05, 4.69) is 0 Å². The molecule has 0 aromatic carbocycles. The third-order valence-electron chi connectivity index (χ3n) is 0. The van der Waals surface area contributed by atoms with Crippen molar-refractivity contribution in [2.75, 3.05) is 0 Å². The second-order valence-electron chi connectivity index (χ2n) is 0. The van der Waals surface area contributed by atoms with E-state index in [4.69, 9.17) is 0 Å². The minimum atomic E-state index is 0. The Balaban J connectivity index is 0. The van der Waals surface area contributed by atoms with Crippen LogP contribution in [-0.4, -0.2) is 23.9 Å². The number of hydrogen-bond acceptors (Lipinski definition) is 0. The Kier molecular flexibility index (Phi) is 1160. The molecule has 0 unspecified atom stereocenters. The molecule has 0 spiro atoms. The predicted octanol–water partition coefficient (Wildman–Crippen LogP) is -18.4. The standard InChI is InChI=1S/6ClH.Sn/h6*1H;/p-6. The molecule has 0 fully saturated rings. The normalized spacial score (nSPS) is 0. The molecule has 0 aromatic rings. The Morgan fingerprint density at radius 2 is 0.286 bits per heavy atom. The quantitative estimate of drug-likeness (QED) is 0.387. The van der Waals surface area contributed by atoms with E-state index in [1.165, 1.54) is 0 Å². The zero-order chi connectivity index (χ0) is 0. The van der Waals surface area contributed by atoms with Gasteiger partial charge in [-0.3, -0.25) is 0 Å². The molecule has 4 radical (unpaired) electrons. The molecule has 0 aliphatic rings. The molecule has 0 heterocycles. The van der Waals surface area contributed by atoms with Crippen molar-refractivity contribution in [3.05, 3.63) is 0 Å². The summed E-state index contributed by atoms with van der Waals surface area (Å²) in [5.41, 5.74) is 0. The van der Waals surface area contributed by atoms with Gasteiger partial charge in [-0.25, -0.2) is 0 Å². The van der Waals surface area contributed by atoms with Crippen molar-refractivity contribution in [3.63, 3.8) is 0 Å². The van der Waals surface area contributed by atoms with Crippen molar-refractivity contribution in [1.82, 2.24) is 0 Å². The molecule has 0 rings (SSSR count). The van der Waals surface area contributed by atoms with Crippen LogP contribution in [0.1, 0.15) is 0 Å². The molecule has 0 atom stereocenters. The summed E-state index contributed by atoms with van der Waals surface area (Å²) >= 11 is 0. The van der Waals surface area contributed by atoms with E-state index in [-0.39, 0.29) is 98.3 Å². The topological polar surface area (TPSA) is 0 Å². The molecule has 0 aromatic heterocycles. The molecule has 7 heteroatoms. The summed E-state index contributed by atoms with van der Waals surface area (Å²) < 4.78 is 0. The molecule has 7 heavy (non-hydrogen) atoms. The first-order valence-corrected chi connectivity index (χ1v) is 0. The average molecular weight is 331 g/mol. The molecular weight excluding hydrogens is 331 g/mol. The van der Waals surface area contributed by atoms with Crippen LogP contribution in [0.3, 0.4) is 0 Å². The zero-order valence-electron chi connectivity index (χ0n) is 2.77. The summed E-state index contributed by atoms with van der Waals surface area (Å²) in [4.78, 5) is 0. The summed E-state index contributed by atoms with van der Waals surface area (Å²) in [6.45, 7) is 0. The molecule has 0 amide bonds. The third kappa shape index (κ3) is 56.6. The van der Waals surface area contributed by atoms with Gasteiger partial charge in [-0.2, -0.15) is 0 Å². The maximum atomic E-state index is 0. The van der Waals surface area contributed by atoms with Crippen LogP contribution >= 0.6 is 0 Å². The van der Waals surface area contributed by atoms with Gasteiger partial charge in [0.1, 0.15) is 0 Å². The summed E-state index contributed by atoms with van der Waals surface area (Å²) in [7, 11) is 0. The fraction of sp³-hybridized carbons (Fsp3) is 0. The minimum absolute atomic E-state index is 0. The molecule has 0 aliphatic carbocycles. The fourth-order valence-electron chi connectivity index (χ4n) is 0. The first-order chi connectivity index (χ1) is 0. The second kappa shape index (κ2) is 75.3. The third-order valence-corrected chi connectivity index (χ3v) is 0. The van der Waals surface area contributed by atoms with Crippen LogP contribution in [0.15, 0.2) is 0 Å². The van der Waals surface area contributed by atoms with Gasteiger partial charge < -0.3 is 74.4 Å². The van der Waals surface area contributed by atoms with Crippen LogP contribution in [0.4, 0.5) is 0 Å². The molecule has 0 saturated heterocycles. The van der Waals surface area contributed by atoms with E-state index in [0.29, 0.717) is 0 Å². The molecule has 52 valence electrons. The summed E-state index contributed by atoms with van der Waals surface area (Å²) in [5, 5.41) is 0. The van der Waals surface area contributed by atoms with E-state index in [1.54, 1.807) is 0 Å². The number of hydrogen-bond donors (Lipinski definition) is 0. The Hall–Kier alpha value is 2.54. The summed E-state index contributed by atoms with van der Waals surface area (Å²) in [6.07, 6.45) is 0. The maximum absolute atomic E-state index is 0. The van der Waals surface area contributed by atoms with Crippen LogP contribution in [0, 0.1) is 0 Å². The first-order valence-electron chi connectivity index (χ1n) is 0. The van der Waals surface area contributed by atoms with E-state index in [1.807, 2.05) is 0 Å². The average Bonchev–Trinajstić information content (AvgIpc) is 0. The van der Waals surface area contributed by atoms with Crippen molar-refractivity contribution < 1.29 is 74.4 Å². The van der Waals surface area contributed by atoms with Crippen LogP contribution in [-0.2, 0) is 0 Å². The SMILES string of the molecule is [Cl-].[Cl-].[Cl-].[Cl-].[Cl-].[Cl-].[Sn]. The monoisotopic (exact) mass is 330 g/mol. The van der Waals surface area contributed by atoms with Gasteiger partial charge in [-0.05, 0) is 0 Å². The largest absolute Gasteiger partial charge is 1.00 e. The van der Waals surface area contributed by atoms with Crippen LogP contribution < -0.4 is 74.4 Å². The second-order valence-corrected chi connectivity index (χ2v) is 0. The van der Waals surface area contributed by atoms with Crippen molar-refractivity contribution >= 4 is 23.9 Å². The smallest absolute Gasteiger partial charge is 0 e. The van der Waals surface area contributed by atoms with Crippen molar-refractivity contribution in [1.29, 1.82) is 0 Å². The molecule has 0 nitrogen and oxygen atoms in total. The van der Waals surface area contributed by atoms with E-state index >= 15 is 0 Å². The Morgan fingerprint density at radius 1 is 0.286 bits per heavy atom. The fourth-order valence-corrected chi connectivity index (χ4v) is 0. The summed E-state index contributed by atoms with van der Waals surface area (Å²) in [6, 6.07) is 0. The van der Waals surface area contributed by atoms with Gasteiger partial charge in [0.2, 0.25) is 0 Å². The Bertz CT molecular complexity index is 4.14. The molecular formula is Cl6Sn-6. The van der Waals surface area contributed by atoms with Gasteiger partial charge in [0.25, 0.3) is 0 Å². The van der Waals surface area contributed by atoms with Crippen LogP contribution in [0.25, 0.3) is 0 Å². The molecule has 0 aliphatic heterocycles. The minimum Gasteiger partial charge on any atom is -1.00 e. The van der Waals surface area contributed by atoms with E-state index in [0.717, 1.165) is 0 Å². The van der Waals surface area contributed by atoms with Crippen molar-refractivity contribution in [2.45, 2.75) is 0 Å². The van der Waals surface area contributed by atoms with Crippen molar-refractivity contribution in [3.8, 4) is 0 Å². The maximum Gasteiger partial charge on any atom is 0 e. The zero-order valence-corrected chi connectivity index (χ0v) is 10.2. The van der Waals surface area contributed by atoms with Crippen molar-refractivity contribution in [2.24, 2.45) is 0 Å². The Morgan fingerprint density at radius 3 is 0.286 bits per heavy atom. The van der Waals surface area contributed by atoms with Gasteiger partial charge in [-0.1, -0.05) is 0 Å². The Labute approximate surface area is 97.4 Å². The van der Waals surface area contributed by atoms with E-state index < -0.39 is 0 Å².